The zero-order valence-electron chi connectivity index (χ0n) is 20.6. The van der Waals surface area contributed by atoms with Gasteiger partial charge in [-0.2, -0.15) is 0 Å². The maximum absolute atomic E-state index is 9.65. The van der Waals surface area contributed by atoms with Gasteiger partial charge in [-0.1, -0.05) is 97.6 Å². The summed E-state index contributed by atoms with van der Waals surface area (Å²) < 4.78 is 0. The molecule has 5 atom stereocenters. The van der Waals surface area contributed by atoms with Gasteiger partial charge in [0.15, 0.2) is 0 Å². The third-order valence-electron chi connectivity index (χ3n) is 8.10. The molecule has 0 aromatic heterocycles. The van der Waals surface area contributed by atoms with Crippen LogP contribution in [0.5, 0.6) is 0 Å². The van der Waals surface area contributed by atoms with Gasteiger partial charge in [0.2, 0.25) is 0 Å². The largest absolute Gasteiger partial charge is 0.389 e. The number of rotatable bonds is 9. The second kappa shape index (κ2) is 12.1. The Morgan fingerprint density at radius 1 is 1.14 bits per heavy atom. The van der Waals surface area contributed by atoms with Crippen molar-refractivity contribution < 1.29 is 5.11 Å². The fourth-order valence-electron chi connectivity index (χ4n) is 6.10. The van der Waals surface area contributed by atoms with Crippen molar-refractivity contribution >= 4 is 0 Å². The molecule has 2 fully saturated rings. The van der Waals surface area contributed by atoms with Crippen molar-refractivity contribution in [3.05, 3.63) is 36.5 Å². The van der Waals surface area contributed by atoms with Crippen LogP contribution in [0, 0.1) is 28.6 Å². The summed E-state index contributed by atoms with van der Waals surface area (Å²) in [4.78, 5) is 0. The smallest absolute Gasteiger partial charge is 0.0752 e. The van der Waals surface area contributed by atoms with Crippen LogP contribution in [0.3, 0.4) is 0 Å². The summed E-state index contributed by atoms with van der Waals surface area (Å²) in [6, 6.07) is 0. The van der Waals surface area contributed by atoms with Crippen LogP contribution >= 0.6 is 0 Å². The predicted molar refractivity (Wildman–Crippen MR) is 130 cm³/mol. The second-order valence-electron chi connectivity index (χ2n) is 10.2. The predicted octanol–water partition coefficient (Wildman–Crippen LogP) is 8.50. The van der Waals surface area contributed by atoms with E-state index in [0.717, 1.165) is 17.8 Å². The third-order valence-corrected chi connectivity index (χ3v) is 8.10. The Kier molecular flexibility index (Phi) is 11.0. The Balaban J connectivity index is 0.00000204. The van der Waals surface area contributed by atoms with Crippen LogP contribution < -0.4 is 0 Å². The first kappa shape index (κ1) is 26.2. The maximum atomic E-state index is 9.65. The molecule has 1 N–H and O–H groups in total. The van der Waals surface area contributed by atoms with Crippen LogP contribution in [-0.2, 0) is 0 Å². The molecular weight excluding hydrogens is 352 g/mol. The lowest BCUT2D eigenvalue weighted by molar-refractivity contribution is 0.0341. The van der Waals surface area contributed by atoms with Crippen molar-refractivity contribution in [3.8, 4) is 0 Å². The van der Waals surface area contributed by atoms with Gasteiger partial charge in [0.1, 0.15) is 0 Å². The zero-order chi connectivity index (χ0) is 22.1. The van der Waals surface area contributed by atoms with Crippen molar-refractivity contribution in [2.24, 2.45) is 28.6 Å². The van der Waals surface area contributed by atoms with Crippen molar-refractivity contribution in [2.45, 2.75) is 112 Å². The number of aliphatic hydroxyl groups is 1. The van der Waals surface area contributed by atoms with E-state index in [-0.39, 0.29) is 0 Å². The van der Waals surface area contributed by atoms with E-state index < -0.39 is 6.10 Å². The van der Waals surface area contributed by atoms with E-state index in [2.05, 4.69) is 59.4 Å². The molecule has 0 spiro atoms. The maximum Gasteiger partial charge on any atom is 0.0752 e. The lowest BCUT2D eigenvalue weighted by Gasteiger charge is -2.51. The fourth-order valence-corrected chi connectivity index (χ4v) is 6.10. The second-order valence-corrected chi connectivity index (χ2v) is 10.2. The van der Waals surface area contributed by atoms with Crippen LogP contribution in [0.15, 0.2) is 36.5 Å². The fraction of sp³-hybridized carbons (Fsp3) is 0.786. The van der Waals surface area contributed by atoms with Crippen molar-refractivity contribution in [1.82, 2.24) is 0 Å². The quantitative estimate of drug-likeness (QED) is 0.383. The van der Waals surface area contributed by atoms with E-state index in [1.54, 1.807) is 11.6 Å². The van der Waals surface area contributed by atoms with E-state index >= 15 is 0 Å². The molecular formula is C28H50O. The Morgan fingerprint density at radius 2 is 1.83 bits per heavy atom. The highest BCUT2D eigenvalue weighted by Crippen LogP contribution is 2.67. The molecule has 0 aromatic rings. The SMILES string of the molecule is C=CC(O)C/C=C\C=C1/CCCC2(C)C([C@H](C)CCCC(C)C)CCC12C.CC. The molecule has 2 aliphatic carbocycles. The lowest BCUT2D eigenvalue weighted by atomic mass is 9.53. The molecule has 2 aliphatic rings. The number of fused-ring (bicyclic) bond motifs is 1. The molecule has 0 aliphatic heterocycles. The standard InChI is InChI=1S/C26H44O.C2H6/c1-7-23(27)16-9-8-14-22-15-11-18-26(6)24(17-19-25(22,26)5)21(4)13-10-12-20(2)3;1-2/h7-9,14,20-21,23-24,27H,1,10-13,15-19H2,2-6H3;1-2H3/b9-8-,22-14+;/t21-,23?,24?,25?,26?;/m1./s1. The van der Waals surface area contributed by atoms with E-state index in [1.807, 2.05) is 13.8 Å². The Labute approximate surface area is 182 Å². The average Bonchev–Trinajstić information content (AvgIpc) is 2.98. The molecule has 0 bridgehead atoms. The lowest BCUT2D eigenvalue weighted by Crippen LogP contribution is -2.43. The van der Waals surface area contributed by atoms with Crippen LogP contribution in [0.25, 0.3) is 0 Å². The molecule has 168 valence electrons. The Hall–Kier alpha value is -0.820. The van der Waals surface area contributed by atoms with Gasteiger partial charge in [-0.05, 0) is 67.1 Å². The molecule has 4 unspecified atom stereocenters. The minimum Gasteiger partial charge on any atom is -0.389 e. The summed E-state index contributed by atoms with van der Waals surface area (Å²) >= 11 is 0. The van der Waals surface area contributed by atoms with Crippen LogP contribution in [-0.4, -0.2) is 11.2 Å². The summed E-state index contributed by atoms with van der Waals surface area (Å²) in [6.45, 7) is 20.0. The highest BCUT2D eigenvalue weighted by atomic mass is 16.3. The van der Waals surface area contributed by atoms with Crippen molar-refractivity contribution in [1.29, 1.82) is 0 Å². The monoisotopic (exact) mass is 402 g/mol. The molecule has 1 heteroatoms. The average molecular weight is 403 g/mol. The van der Waals surface area contributed by atoms with Gasteiger partial charge in [-0.25, -0.2) is 0 Å². The van der Waals surface area contributed by atoms with E-state index in [0.29, 0.717) is 17.3 Å². The van der Waals surface area contributed by atoms with Gasteiger partial charge < -0.3 is 5.11 Å². The number of allylic oxidation sites excluding steroid dienone is 3. The first-order chi connectivity index (χ1) is 13.7. The van der Waals surface area contributed by atoms with Crippen LogP contribution in [0.1, 0.15) is 106 Å². The van der Waals surface area contributed by atoms with Gasteiger partial charge in [0, 0.05) is 0 Å². The van der Waals surface area contributed by atoms with Gasteiger partial charge >= 0.3 is 0 Å². The summed E-state index contributed by atoms with van der Waals surface area (Å²) in [6.07, 6.45) is 19.4. The first-order valence-corrected chi connectivity index (χ1v) is 12.4. The molecule has 29 heavy (non-hydrogen) atoms. The van der Waals surface area contributed by atoms with E-state index in [9.17, 15) is 5.11 Å². The summed E-state index contributed by atoms with van der Waals surface area (Å²) in [5.41, 5.74) is 2.45. The first-order valence-electron chi connectivity index (χ1n) is 12.4. The number of hydrogen-bond acceptors (Lipinski definition) is 1. The summed E-state index contributed by atoms with van der Waals surface area (Å²) in [5.74, 6) is 2.54. The molecule has 0 aromatic carbocycles. The minimum absolute atomic E-state index is 0.351. The molecule has 0 saturated heterocycles. The zero-order valence-corrected chi connectivity index (χ0v) is 20.6. The van der Waals surface area contributed by atoms with E-state index in [1.165, 1.54) is 51.4 Å². The molecule has 0 amide bonds. The number of hydrogen-bond donors (Lipinski definition) is 1. The van der Waals surface area contributed by atoms with Crippen LogP contribution in [0.4, 0.5) is 0 Å². The molecule has 0 heterocycles. The summed E-state index contributed by atoms with van der Waals surface area (Å²) in [5, 5.41) is 9.65. The van der Waals surface area contributed by atoms with Gasteiger partial charge in [-0.15, -0.1) is 6.58 Å². The Morgan fingerprint density at radius 3 is 2.45 bits per heavy atom. The van der Waals surface area contributed by atoms with E-state index in [4.69, 9.17) is 0 Å². The topological polar surface area (TPSA) is 20.2 Å². The van der Waals surface area contributed by atoms with Gasteiger partial charge in [-0.3, -0.25) is 0 Å². The number of aliphatic hydroxyl groups excluding tert-OH is 1. The molecule has 2 rings (SSSR count). The minimum atomic E-state index is -0.422. The van der Waals surface area contributed by atoms with Crippen molar-refractivity contribution in [2.75, 3.05) is 0 Å². The highest BCUT2D eigenvalue weighted by molar-refractivity contribution is 5.28. The molecule has 0 radical (unpaired) electrons. The normalized spacial score (nSPS) is 32.7. The Bertz CT molecular complexity index is 543. The summed E-state index contributed by atoms with van der Waals surface area (Å²) in [7, 11) is 0. The highest BCUT2D eigenvalue weighted by Gasteiger charge is 2.57. The molecule has 2 saturated carbocycles. The van der Waals surface area contributed by atoms with Crippen molar-refractivity contribution in [3.63, 3.8) is 0 Å². The van der Waals surface area contributed by atoms with Gasteiger partial charge in [0.25, 0.3) is 0 Å². The molecule has 1 nitrogen and oxygen atoms in total. The van der Waals surface area contributed by atoms with Gasteiger partial charge in [0.05, 0.1) is 6.10 Å². The van der Waals surface area contributed by atoms with Crippen LogP contribution in [0.2, 0.25) is 0 Å². The third kappa shape index (κ3) is 6.33.